The average molecular weight is 290 g/mol. The molecule has 0 saturated heterocycles. The predicted octanol–water partition coefficient (Wildman–Crippen LogP) is 3.53. The highest BCUT2D eigenvalue weighted by atomic mass is 16.5. The molecule has 116 valence electrons. The molecule has 4 nitrogen and oxygen atoms in total. The van der Waals surface area contributed by atoms with E-state index in [1.807, 2.05) is 38.2 Å². The summed E-state index contributed by atoms with van der Waals surface area (Å²) in [5, 5.41) is 12.1. The van der Waals surface area contributed by atoms with Crippen molar-refractivity contribution in [3.05, 3.63) is 24.3 Å². The fourth-order valence-corrected chi connectivity index (χ4v) is 1.86. The van der Waals surface area contributed by atoms with Crippen LogP contribution < -0.4 is 14.8 Å². The SMILES string of the molecule is CCCOc1ccc(OCCCCC(C)(C#N)NC)cc1. The first-order valence-corrected chi connectivity index (χ1v) is 7.59. The molecule has 4 heteroatoms. The van der Waals surface area contributed by atoms with Gasteiger partial charge in [-0.2, -0.15) is 5.26 Å². The minimum atomic E-state index is -0.432. The van der Waals surface area contributed by atoms with Gasteiger partial charge < -0.3 is 14.8 Å². The highest BCUT2D eigenvalue weighted by Gasteiger charge is 2.19. The number of hydrogen-bond acceptors (Lipinski definition) is 4. The molecule has 0 aromatic heterocycles. The maximum absolute atomic E-state index is 9.05. The van der Waals surface area contributed by atoms with Crippen LogP contribution in [0.1, 0.15) is 39.5 Å². The Morgan fingerprint density at radius 1 is 1.10 bits per heavy atom. The molecule has 0 spiro atoms. The molecule has 0 aliphatic carbocycles. The molecule has 0 heterocycles. The standard InChI is InChI=1S/C17H26N2O2/c1-4-12-20-15-7-9-16(10-8-15)21-13-6-5-11-17(2,14-18)19-3/h7-10,19H,4-6,11-13H2,1-3H3. The van der Waals surface area contributed by atoms with Crippen molar-refractivity contribution >= 4 is 0 Å². The van der Waals surface area contributed by atoms with Gasteiger partial charge in [0, 0.05) is 0 Å². The summed E-state index contributed by atoms with van der Waals surface area (Å²) in [6.07, 6.45) is 3.73. The number of nitriles is 1. The Morgan fingerprint density at radius 2 is 1.67 bits per heavy atom. The maximum atomic E-state index is 9.05. The van der Waals surface area contributed by atoms with Gasteiger partial charge in [0.1, 0.15) is 17.0 Å². The Balaban J connectivity index is 2.22. The third-order valence-electron chi connectivity index (χ3n) is 3.43. The number of benzene rings is 1. The monoisotopic (exact) mass is 290 g/mol. The predicted molar refractivity (Wildman–Crippen MR) is 84.7 cm³/mol. The molecule has 0 radical (unpaired) electrons. The number of ether oxygens (including phenoxy) is 2. The number of hydrogen-bond donors (Lipinski definition) is 1. The van der Waals surface area contributed by atoms with Crippen molar-refractivity contribution in [2.45, 2.75) is 45.1 Å². The zero-order chi connectivity index (χ0) is 15.6. The van der Waals surface area contributed by atoms with E-state index in [-0.39, 0.29) is 0 Å². The van der Waals surface area contributed by atoms with Crippen molar-refractivity contribution in [1.82, 2.24) is 5.32 Å². The van der Waals surface area contributed by atoms with Crippen molar-refractivity contribution in [2.24, 2.45) is 0 Å². The normalized spacial score (nSPS) is 13.2. The van der Waals surface area contributed by atoms with Crippen LogP contribution in [0.2, 0.25) is 0 Å². The Bertz CT molecular complexity index is 439. The van der Waals surface area contributed by atoms with Crippen LogP contribution in [0.5, 0.6) is 11.5 Å². The summed E-state index contributed by atoms with van der Waals surface area (Å²) in [5.74, 6) is 1.73. The van der Waals surface area contributed by atoms with E-state index in [2.05, 4.69) is 18.3 Å². The topological polar surface area (TPSA) is 54.3 Å². The lowest BCUT2D eigenvalue weighted by Gasteiger charge is -2.20. The molecule has 0 aliphatic rings. The number of unbranched alkanes of at least 4 members (excludes halogenated alkanes) is 1. The highest BCUT2D eigenvalue weighted by Crippen LogP contribution is 2.18. The van der Waals surface area contributed by atoms with E-state index in [0.29, 0.717) is 6.61 Å². The van der Waals surface area contributed by atoms with Crippen molar-refractivity contribution in [3.8, 4) is 17.6 Å². The molecule has 21 heavy (non-hydrogen) atoms. The smallest absolute Gasteiger partial charge is 0.119 e. The largest absolute Gasteiger partial charge is 0.494 e. The Labute approximate surface area is 128 Å². The summed E-state index contributed by atoms with van der Waals surface area (Å²) in [4.78, 5) is 0. The average Bonchev–Trinajstić information content (AvgIpc) is 2.53. The molecule has 1 unspecified atom stereocenters. The molecular formula is C17H26N2O2. The molecule has 0 amide bonds. The summed E-state index contributed by atoms with van der Waals surface area (Å²) in [6.45, 7) is 5.41. The van der Waals surface area contributed by atoms with Gasteiger partial charge in [-0.15, -0.1) is 0 Å². The summed E-state index contributed by atoms with van der Waals surface area (Å²) >= 11 is 0. The molecule has 1 aromatic rings. The van der Waals surface area contributed by atoms with E-state index in [0.717, 1.165) is 43.8 Å². The van der Waals surface area contributed by atoms with Gasteiger partial charge in [-0.1, -0.05) is 6.92 Å². The molecule has 1 N–H and O–H groups in total. The Kier molecular flexibility index (Phi) is 7.63. The minimum absolute atomic E-state index is 0.432. The van der Waals surface area contributed by atoms with E-state index < -0.39 is 5.54 Å². The van der Waals surface area contributed by atoms with Crippen molar-refractivity contribution in [3.63, 3.8) is 0 Å². The molecule has 0 fully saturated rings. The van der Waals surface area contributed by atoms with Gasteiger partial charge in [-0.3, -0.25) is 0 Å². The fraction of sp³-hybridized carbons (Fsp3) is 0.588. The Hall–Kier alpha value is -1.73. The summed E-state index contributed by atoms with van der Waals surface area (Å²) in [7, 11) is 1.82. The first-order valence-electron chi connectivity index (χ1n) is 7.59. The van der Waals surface area contributed by atoms with Crippen LogP contribution in [-0.2, 0) is 0 Å². The molecule has 1 aromatic carbocycles. The van der Waals surface area contributed by atoms with Gasteiger partial charge in [0.2, 0.25) is 0 Å². The molecule has 0 bridgehead atoms. The molecule has 1 atom stereocenters. The van der Waals surface area contributed by atoms with E-state index in [4.69, 9.17) is 14.7 Å². The van der Waals surface area contributed by atoms with Crippen molar-refractivity contribution < 1.29 is 9.47 Å². The summed E-state index contributed by atoms with van der Waals surface area (Å²) in [6, 6.07) is 10.0. The van der Waals surface area contributed by atoms with E-state index in [1.165, 1.54) is 0 Å². The Morgan fingerprint density at radius 3 is 2.14 bits per heavy atom. The van der Waals surface area contributed by atoms with Crippen LogP contribution in [0.15, 0.2) is 24.3 Å². The van der Waals surface area contributed by atoms with Crippen LogP contribution in [0.3, 0.4) is 0 Å². The minimum Gasteiger partial charge on any atom is -0.494 e. The maximum Gasteiger partial charge on any atom is 0.119 e. The lowest BCUT2D eigenvalue weighted by atomic mass is 9.97. The molecule has 1 rings (SSSR count). The highest BCUT2D eigenvalue weighted by molar-refractivity contribution is 5.31. The second kappa shape index (κ2) is 9.25. The third kappa shape index (κ3) is 6.50. The van der Waals surface area contributed by atoms with Crippen molar-refractivity contribution in [1.29, 1.82) is 5.26 Å². The lowest BCUT2D eigenvalue weighted by molar-refractivity contribution is 0.294. The zero-order valence-corrected chi connectivity index (χ0v) is 13.3. The quantitative estimate of drug-likeness (QED) is 0.670. The van der Waals surface area contributed by atoms with Crippen LogP contribution in [0.4, 0.5) is 0 Å². The lowest BCUT2D eigenvalue weighted by Crippen LogP contribution is -2.37. The molecular weight excluding hydrogens is 264 g/mol. The van der Waals surface area contributed by atoms with Crippen LogP contribution in [0.25, 0.3) is 0 Å². The summed E-state index contributed by atoms with van der Waals surface area (Å²) < 4.78 is 11.2. The zero-order valence-electron chi connectivity index (χ0n) is 13.3. The van der Waals surface area contributed by atoms with E-state index >= 15 is 0 Å². The number of rotatable bonds is 10. The second-order valence-corrected chi connectivity index (χ2v) is 5.32. The molecule has 0 aliphatic heterocycles. The van der Waals surface area contributed by atoms with Crippen molar-refractivity contribution in [2.75, 3.05) is 20.3 Å². The van der Waals surface area contributed by atoms with Gasteiger partial charge in [0.15, 0.2) is 0 Å². The third-order valence-corrected chi connectivity index (χ3v) is 3.43. The number of nitrogens with zero attached hydrogens (tertiary/aromatic N) is 1. The fourth-order valence-electron chi connectivity index (χ4n) is 1.86. The van der Waals surface area contributed by atoms with Crippen LogP contribution in [0, 0.1) is 11.3 Å². The van der Waals surface area contributed by atoms with Gasteiger partial charge >= 0.3 is 0 Å². The van der Waals surface area contributed by atoms with Gasteiger partial charge in [-0.05, 0) is 63.9 Å². The van der Waals surface area contributed by atoms with Crippen LogP contribution >= 0.6 is 0 Å². The number of nitrogens with one attached hydrogen (secondary N) is 1. The summed E-state index contributed by atoms with van der Waals surface area (Å²) in [5.41, 5.74) is -0.432. The van der Waals surface area contributed by atoms with Gasteiger partial charge in [0.25, 0.3) is 0 Å². The van der Waals surface area contributed by atoms with Gasteiger partial charge in [0.05, 0.1) is 19.3 Å². The van der Waals surface area contributed by atoms with Gasteiger partial charge in [-0.25, -0.2) is 0 Å². The second-order valence-electron chi connectivity index (χ2n) is 5.32. The van der Waals surface area contributed by atoms with Crippen LogP contribution in [-0.4, -0.2) is 25.8 Å². The van der Waals surface area contributed by atoms with E-state index in [1.54, 1.807) is 0 Å². The molecule has 0 saturated carbocycles. The van der Waals surface area contributed by atoms with E-state index in [9.17, 15) is 0 Å². The first-order chi connectivity index (χ1) is 10.1. The first kappa shape index (κ1) is 17.3.